The van der Waals surface area contributed by atoms with Crippen LogP contribution >= 0.6 is 15.9 Å². The third-order valence-corrected chi connectivity index (χ3v) is 4.86. The number of aromatic nitrogens is 1. The van der Waals surface area contributed by atoms with E-state index in [-0.39, 0.29) is 29.8 Å². The molecule has 0 fully saturated rings. The molecule has 7 nitrogen and oxygen atoms in total. The van der Waals surface area contributed by atoms with E-state index in [0.29, 0.717) is 29.4 Å². The van der Waals surface area contributed by atoms with Gasteiger partial charge in [-0.25, -0.2) is 0 Å². The highest BCUT2D eigenvalue weighted by Crippen LogP contribution is 2.36. The summed E-state index contributed by atoms with van der Waals surface area (Å²) in [6, 6.07) is 14.5. The molecule has 29 heavy (non-hydrogen) atoms. The lowest BCUT2D eigenvalue weighted by Crippen LogP contribution is -2.24. The van der Waals surface area contributed by atoms with Crippen LogP contribution < -0.4 is 5.32 Å². The van der Waals surface area contributed by atoms with Crippen LogP contribution in [0.5, 0.6) is 5.88 Å². The van der Waals surface area contributed by atoms with Gasteiger partial charge in [0.1, 0.15) is 0 Å². The number of nitrogens with zero attached hydrogens (tertiary/aromatic N) is 2. The number of H-pyrrole nitrogens is 1. The molecule has 1 heterocycles. The molecule has 3 N–H and O–H groups in total. The molecule has 0 saturated carbocycles. The first-order valence-electron chi connectivity index (χ1n) is 9.32. The molecule has 0 spiro atoms. The van der Waals surface area contributed by atoms with E-state index < -0.39 is 0 Å². The third-order valence-electron chi connectivity index (χ3n) is 4.36. The molecule has 0 unspecified atom stereocenters. The number of hydrogen-bond acceptors (Lipinski definition) is 4. The zero-order valence-electron chi connectivity index (χ0n) is 15.7. The van der Waals surface area contributed by atoms with Crippen molar-refractivity contribution in [2.24, 2.45) is 10.2 Å². The SMILES string of the molecule is O=C(CCCCCNC(=O)c1ccccc1)N=Nc1c(O)[nH]c2ccc(Br)cc12. The fourth-order valence-electron chi connectivity index (χ4n) is 2.86. The smallest absolute Gasteiger partial charge is 0.264 e. The molecule has 0 aliphatic rings. The molecule has 3 rings (SSSR count). The van der Waals surface area contributed by atoms with Gasteiger partial charge in [0.2, 0.25) is 5.88 Å². The summed E-state index contributed by atoms with van der Waals surface area (Å²) in [5, 5.41) is 21.1. The summed E-state index contributed by atoms with van der Waals surface area (Å²) in [5.74, 6) is -0.563. The molecule has 150 valence electrons. The Kier molecular flexibility index (Phi) is 7.13. The molecule has 1 aromatic heterocycles. The van der Waals surface area contributed by atoms with Gasteiger partial charge in [0.25, 0.3) is 11.8 Å². The molecule has 0 atom stereocenters. The standard InChI is InChI=1S/C21H21BrN4O3/c22-15-10-11-17-16(13-15)19(21(29)24-17)26-25-18(27)9-5-2-6-12-23-20(28)14-7-3-1-4-8-14/h1,3-4,7-8,10-11,13,24,29H,2,5-6,9,12H2,(H,23,28). The molecule has 0 aliphatic carbocycles. The first-order valence-corrected chi connectivity index (χ1v) is 10.1. The molecule has 8 heteroatoms. The van der Waals surface area contributed by atoms with Crippen molar-refractivity contribution in [3.63, 3.8) is 0 Å². The minimum Gasteiger partial charge on any atom is -0.493 e. The maximum absolute atomic E-state index is 11.9. The van der Waals surface area contributed by atoms with E-state index in [4.69, 9.17) is 0 Å². The topological polar surface area (TPSA) is 107 Å². The minimum atomic E-state index is -0.345. The van der Waals surface area contributed by atoms with Crippen LogP contribution in [0.3, 0.4) is 0 Å². The van der Waals surface area contributed by atoms with Crippen LogP contribution in [0.15, 0.2) is 63.2 Å². The zero-order chi connectivity index (χ0) is 20.6. The number of carbonyl (C=O) groups is 2. The molecular weight excluding hydrogens is 436 g/mol. The maximum Gasteiger partial charge on any atom is 0.264 e. The summed E-state index contributed by atoms with van der Waals surface area (Å²) >= 11 is 3.37. The number of halogens is 1. The van der Waals surface area contributed by atoms with Gasteiger partial charge in [-0.2, -0.15) is 0 Å². The molecule has 2 amide bonds. The Morgan fingerprint density at radius 3 is 2.66 bits per heavy atom. The van der Waals surface area contributed by atoms with Crippen LogP contribution in [0.4, 0.5) is 5.69 Å². The molecule has 2 aromatic carbocycles. The second-order valence-electron chi connectivity index (χ2n) is 6.54. The zero-order valence-corrected chi connectivity index (χ0v) is 17.3. The Morgan fingerprint density at radius 1 is 1.07 bits per heavy atom. The summed E-state index contributed by atoms with van der Waals surface area (Å²) in [7, 11) is 0. The van der Waals surface area contributed by atoms with Gasteiger partial charge in [-0.3, -0.25) is 9.59 Å². The average Bonchev–Trinajstić information content (AvgIpc) is 3.03. The normalized spacial score (nSPS) is 11.2. The number of carbonyl (C=O) groups excluding carboxylic acids is 2. The van der Waals surface area contributed by atoms with E-state index in [1.54, 1.807) is 24.3 Å². The quantitative estimate of drug-likeness (QED) is 0.318. The molecule has 0 radical (unpaired) electrons. The van der Waals surface area contributed by atoms with E-state index >= 15 is 0 Å². The number of fused-ring (bicyclic) bond motifs is 1. The van der Waals surface area contributed by atoms with Crippen LogP contribution in [0.25, 0.3) is 10.9 Å². The van der Waals surface area contributed by atoms with Gasteiger partial charge < -0.3 is 15.4 Å². The number of azo groups is 1. The van der Waals surface area contributed by atoms with Gasteiger partial charge >= 0.3 is 0 Å². The number of aromatic hydroxyl groups is 1. The Hall–Kier alpha value is -3.00. The number of hydrogen-bond donors (Lipinski definition) is 3. The molecule has 0 bridgehead atoms. The largest absolute Gasteiger partial charge is 0.493 e. The van der Waals surface area contributed by atoms with Crippen molar-refractivity contribution < 1.29 is 14.7 Å². The Morgan fingerprint density at radius 2 is 1.86 bits per heavy atom. The fourth-order valence-corrected chi connectivity index (χ4v) is 3.23. The van der Waals surface area contributed by atoms with Crippen LogP contribution in [-0.4, -0.2) is 28.4 Å². The van der Waals surface area contributed by atoms with Gasteiger partial charge in [0, 0.05) is 28.4 Å². The lowest BCUT2D eigenvalue weighted by atomic mass is 10.2. The highest BCUT2D eigenvalue weighted by molar-refractivity contribution is 9.10. The number of rotatable bonds is 8. The highest BCUT2D eigenvalue weighted by Gasteiger charge is 2.11. The summed E-state index contributed by atoms with van der Waals surface area (Å²) in [5.41, 5.74) is 1.60. The van der Waals surface area contributed by atoms with Gasteiger partial charge in [0.05, 0.1) is 5.52 Å². The van der Waals surface area contributed by atoms with E-state index in [9.17, 15) is 14.7 Å². The minimum absolute atomic E-state index is 0.0966. The molecule has 3 aromatic rings. The Labute approximate surface area is 176 Å². The number of benzene rings is 2. The number of amides is 2. The van der Waals surface area contributed by atoms with Gasteiger partial charge in [-0.05, 0) is 43.2 Å². The van der Waals surface area contributed by atoms with Crippen molar-refractivity contribution >= 4 is 44.3 Å². The van der Waals surface area contributed by atoms with Crippen LogP contribution in [-0.2, 0) is 4.79 Å². The predicted molar refractivity (Wildman–Crippen MR) is 114 cm³/mol. The van der Waals surface area contributed by atoms with Crippen molar-refractivity contribution in [1.29, 1.82) is 0 Å². The second-order valence-corrected chi connectivity index (χ2v) is 7.45. The van der Waals surface area contributed by atoms with E-state index in [1.165, 1.54) is 0 Å². The predicted octanol–water partition coefficient (Wildman–Crippen LogP) is 5.24. The van der Waals surface area contributed by atoms with E-state index in [2.05, 4.69) is 36.5 Å². The first-order chi connectivity index (χ1) is 14.0. The highest BCUT2D eigenvalue weighted by atomic mass is 79.9. The summed E-state index contributed by atoms with van der Waals surface area (Å²) in [4.78, 5) is 26.7. The maximum atomic E-state index is 11.9. The van der Waals surface area contributed by atoms with Crippen LogP contribution in [0.2, 0.25) is 0 Å². The monoisotopic (exact) mass is 456 g/mol. The second kappa shape index (κ2) is 9.97. The van der Waals surface area contributed by atoms with E-state index in [1.807, 2.05) is 24.3 Å². The van der Waals surface area contributed by atoms with Crippen molar-refractivity contribution in [3.8, 4) is 5.88 Å². The van der Waals surface area contributed by atoms with Crippen LogP contribution in [0, 0.1) is 0 Å². The molecular formula is C21H21BrN4O3. The van der Waals surface area contributed by atoms with Crippen molar-refractivity contribution in [2.75, 3.05) is 6.54 Å². The van der Waals surface area contributed by atoms with Gasteiger partial charge in [0.15, 0.2) is 5.69 Å². The number of nitrogens with one attached hydrogen (secondary N) is 2. The Balaban J connectivity index is 1.40. The molecule has 0 saturated heterocycles. The summed E-state index contributed by atoms with van der Waals surface area (Å²) < 4.78 is 0.839. The van der Waals surface area contributed by atoms with Crippen molar-refractivity contribution in [1.82, 2.24) is 10.3 Å². The van der Waals surface area contributed by atoms with Gasteiger partial charge in [-0.1, -0.05) is 40.5 Å². The first kappa shape index (κ1) is 20.7. The fraction of sp³-hybridized carbons (Fsp3) is 0.238. The van der Waals surface area contributed by atoms with Crippen LogP contribution in [0.1, 0.15) is 36.0 Å². The number of unbranched alkanes of at least 4 members (excludes halogenated alkanes) is 2. The molecule has 0 aliphatic heterocycles. The van der Waals surface area contributed by atoms with Crippen molar-refractivity contribution in [2.45, 2.75) is 25.7 Å². The summed E-state index contributed by atoms with van der Waals surface area (Å²) in [6.45, 7) is 0.557. The average molecular weight is 457 g/mol. The lowest BCUT2D eigenvalue weighted by molar-refractivity contribution is -0.118. The van der Waals surface area contributed by atoms with E-state index in [0.717, 1.165) is 17.3 Å². The van der Waals surface area contributed by atoms with Crippen molar-refractivity contribution in [3.05, 3.63) is 58.6 Å². The number of aromatic amines is 1. The third kappa shape index (κ3) is 5.74. The van der Waals surface area contributed by atoms with Gasteiger partial charge in [-0.15, -0.1) is 10.2 Å². The lowest BCUT2D eigenvalue weighted by Gasteiger charge is -2.04. The summed E-state index contributed by atoms with van der Waals surface area (Å²) in [6.07, 6.45) is 2.50. The Bertz CT molecular complexity index is 1030.